The van der Waals surface area contributed by atoms with Gasteiger partial charge in [-0.15, -0.1) is 22.0 Å². The van der Waals surface area contributed by atoms with Gasteiger partial charge in [0.15, 0.2) is 5.16 Å². The first-order valence-corrected chi connectivity index (χ1v) is 12.1. The van der Waals surface area contributed by atoms with Crippen LogP contribution in [0.4, 0.5) is 18.9 Å². The quantitative estimate of drug-likeness (QED) is 0.287. The molecule has 174 valence electrons. The molecule has 0 atom stereocenters. The smallest absolute Gasteiger partial charge is 0.325 e. The van der Waals surface area contributed by atoms with E-state index in [1.54, 1.807) is 11.8 Å². The van der Waals surface area contributed by atoms with Crippen LogP contribution in [0.2, 0.25) is 0 Å². The number of hydrogen-bond donors (Lipinski definition) is 1. The number of benzene rings is 3. The van der Waals surface area contributed by atoms with E-state index in [2.05, 4.69) is 15.5 Å². The first-order chi connectivity index (χ1) is 16.4. The Bertz CT molecular complexity index is 1250. The van der Waals surface area contributed by atoms with Crippen molar-refractivity contribution in [2.24, 2.45) is 0 Å². The lowest BCUT2D eigenvalue weighted by molar-refractivity contribution is -0.137. The van der Waals surface area contributed by atoms with Crippen LogP contribution >= 0.6 is 23.5 Å². The molecule has 0 aliphatic rings. The summed E-state index contributed by atoms with van der Waals surface area (Å²) in [6.07, 6.45) is -4.48. The number of para-hydroxylation sites is 1. The third-order valence-electron chi connectivity index (χ3n) is 4.63. The third-order valence-corrected chi connectivity index (χ3v) is 6.57. The predicted molar refractivity (Wildman–Crippen MR) is 128 cm³/mol. The summed E-state index contributed by atoms with van der Waals surface area (Å²) in [5, 5.41) is 11.6. The van der Waals surface area contributed by atoms with E-state index < -0.39 is 17.6 Å². The van der Waals surface area contributed by atoms with Crippen molar-refractivity contribution in [1.29, 1.82) is 0 Å². The fourth-order valence-electron chi connectivity index (χ4n) is 3.09. The number of thioether (sulfide) groups is 2. The molecule has 3 aromatic carbocycles. The van der Waals surface area contributed by atoms with Gasteiger partial charge in [-0.1, -0.05) is 54.2 Å². The summed E-state index contributed by atoms with van der Waals surface area (Å²) >= 11 is 2.79. The Morgan fingerprint density at radius 3 is 2.29 bits per heavy atom. The number of anilines is 1. The number of aromatic nitrogens is 3. The number of amides is 1. The summed E-state index contributed by atoms with van der Waals surface area (Å²) in [5.41, 5.74) is 0.129. The van der Waals surface area contributed by atoms with Crippen LogP contribution in [0.15, 0.2) is 95.0 Å². The van der Waals surface area contributed by atoms with E-state index in [0.29, 0.717) is 10.9 Å². The number of alkyl halides is 3. The number of hydrogen-bond acceptors (Lipinski definition) is 5. The van der Waals surface area contributed by atoms with Gasteiger partial charge in [0.1, 0.15) is 5.82 Å². The molecule has 10 heteroatoms. The number of nitrogens with zero attached hydrogens (tertiary/aromatic N) is 3. The Balaban J connectivity index is 1.47. The number of rotatable bonds is 8. The highest BCUT2D eigenvalue weighted by Gasteiger charge is 2.30. The Morgan fingerprint density at radius 2 is 1.59 bits per heavy atom. The molecule has 4 rings (SSSR count). The second-order valence-electron chi connectivity index (χ2n) is 7.09. The van der Waals surface area contributed by atoms with Crippen molar-refractivity contribution in [3.63, 3.8) is 0 Å². The highest BCUT2D eigenvalue weighted by Crippen LogP contribution is 2.31. The Morgan fingerprint density at radius 1 is 0.882 bits per heavy atom. The largest absolute Gasteiger partial charge is 0.416 e. The zero-order valence-electron chi connectivity index (χ0n) is 17.7. The van der Waals surface area contributed by atoms with Crippen LogP contribution in [0.5, 0.6) is 0 Å². The molecule has 1 N–H and O–H groups in total. The molecule has 0 aliphatic heterocycles. The average Bonchev–Trinajstić information content (AvgIpc) is 3.25. The molecule has 1 heterocycles. The van der Waals surface area contributed by atoms with Gasteiger partial charge in [-0.2, -0.15) is 13.2 Å². The Kier molecular flexibility index (Phi) is 7.59. The molecular formula is C24H19F3N4OS2. The molecule has 1 aromatic heterocycles. The summed E-state index contributed by atoms with van der Waals surface area (Å²) < 4.78 is 40.6. The maximum absolute atomic E-state index is 12.9. The van der Waals surface area contributed by atoms with Gasteiger partial charge in [0, 0.05) is 16.3 Å². The number of nitrogens with one attached hydrogen (secondary N) is 1. The summed E-state index contributed by atoms with van der Waals surface area (Å²) in [4.78, 5) is 13.5. The summed E-state index contributed by atoms with van der Waals surface area (Å²) in [7, 11) is 0. The molecule has 1 amide bonds. The maximum Gasteiger partial charge on any atom is 0.416 e. The second kappa shape index (κ2) is 10.8. The third kappa shape index (κ3) is 6.21. The van der Waals surface area contributed by atoms with Crippen LogP contribution in [-0.2, 0) is 16.7 Å². The molecule has 0 saturated carbocycles. The van der Waals surface area contributed by atoms with E-state index >= 15 is 0 Å². The molecule has 34 heavy (non-hydrogen) atoms. The van der Waals surface area contributed by atoms with Crippen LogP contribution in [0, 0.1) is 0 Å². The minimum atomic E-state index is -4.48. The molecule has 0 fully saturated rings. The van der Waals surface area contributed by atoms with Crippen LogP contribution in [0.25, 0.3) is 5.69 Å². The van der Waals surface area contributed by atoms with Crippen molar-refractivity contribution in [2.45, 2.75) is 22.0 Å². The molecular weight excluding hydrogens is 481 g/mol. The molecule has 0 aliphatic carbocycles. The highest BCUT2D eigenvalue weighted by molar-refractivity contribution is 7.99. The van der Waals surface area contributed by atoms with Gasteiger partial charge in [0.05, 0.1) is 17.1 Å². The fourth-order valence-corrected chi connectivity index (χ4v) is 4.69. The predicted octanol–water partition coefficient (Wildman–Crippen LogP) is 6.31. The zero-order chi connectivity index (χ0) is 24.0. The lowest BCUT2D eigenvalue weighted by atomic mass is 10.2. The first kappa shape index (κ1) is 23.9. The standard InChI is InChI=1S/C24H19F3N4OS2/c25-24(26,27)17-8-7-9-18(14-17)28-22(32)16-34-23-30-29-21(15-33-20-12-5-2-6-13-20)31(23)19-10-3-1-4-11-19/h1-14H,15-16H2,(H,28,32). The molecule has 0 unspecified atom stereocenters. The molecule has 0 saturated heterocycles. The van der Waals surface area contributed by atoms with Crippen molar-refractivity contribution in [3.05, 3.63) is 96.3 Å². The van der Waals surface area contributed by atoms with E-state index in [-0.39, 0.29) is 11.4 Å². The first-order valence-electron chi connectivity index (χ1n) is 10.2. The van der Waals surface area contributed by atoms with Gasteiger partial charge >= 0.3 is 6.18 Å². The molecule has 4 aromatic rings. The van der Waals surface area contributed by atoms with E-state index in [4.69, 9.17) is 0 Å². The molecule has 5 nitrogen and oxygen atoms in total. The minimum absolute atomic E-state index is 0.0347. The molecule has 0 radical (unpaired) electrons. The number of carbonyl (C=O) groups is 1. The van der Waals surface area contributed by atoms with E-state index in [9.17, 15) is 18.0 Å². The van der Waals surface area contributed by atoms with E-state index in [1.807, 2.05) is 65.2 Å². The van der Waals surface area contributed by atoms with E-state index in [0.717, 1.165) is 28.5 Å². The van der Waals surface area contributed by atoms with Crippen molar-refractivity contribution in [3.8, 4) is 5.69 Å². The molecule has 0 bridgehead atoms. The van der Waals surface area contributed by atoms with Crippen molar-refractivity contribution in [2.75, 3.05) is 11.1 Å². The maximum atomic E-state index is 12.9. The van der Waals surface area contributed by atoms with Crippen LogP contribution < -0.4 is 5.32 Å². The van der Waals surface area contributed by atoms with Crippen molar-refractivity contribution in [1.82, 2.24) is 14.8 Å². The Hall–Kier alpha value is -3.24. The van der Waals surface area contributed by atoms with Gasteiger partial charge < -0.3 is 5.32 Å². The van der Waals surface area contributed by atoms with Crippen molar-refractivity contribution < 1.29 is 18.0 Å². The lowest BCUT2D eigenvalue weighted by Crippen LogP contribution is -2.15. The average molecular weight is 501 g/mol. The Labute approximate surface area is 202 Å². The lowest BCUT2D eigenvalue weighted by Gasteiger charge is -2.11. The summed E-state index contributed by atoms with van der Waals surface area (Å²) in [6, 6.07) is 24.0. The van der Waals surface area contributed by atoms with Crippen LogP contribution in [-0.4, -0.2) is 26.4 Å². The second-order valence-corrected chi connectivity index (χ2v) is 9.08. The number of halogens is 3. The normalized spacial score (nSPS) is 11.4. The topological polar surface area (TPSA) is 59.8 Å². The summed E-state index contributed by atoms with van der Waals surface area (Å²) in [6.45, 7) is 0. The van der Waals surface area contributed by atoms with Gasteiger partial charge in [-0.3, -0.25) is 9.36 Å². The molecule has 0 spiro atoms. The van der Waals surface area contributed by atoms with Gasteiger partial charge in [0.2, 0.25) is 5.91 Å². The van der Waals surface area contributed by atoms with Gasteiger partial charge in [-0.05, 0) is 42.5 Å². The minimum Gasteiger partial charge on any atom is -0.325 e. The van der Waals surface area contributed by atoms with Crippen molar-refractivity contribution >= 4 is 35.1 Å². The van der Waals surface area contributed by atoms with Crippen LogP contribution in [0.3, 0.4) is 0 Å². The van der Waals surface area contributed by atoms with E-state index in [1.165, 1.54) is 23.9 Å². The monoisotopic (exact) mass is 500 g/mol. The zero-order valence-corrected chi connectivity index (χ0v) is 19.3. The van der Waals surface area contributed by atoms with Gasteiger partial charge in [0.25, 0.3) is 0 Å². The highest BCUT2D eigenvalue weighted by atomic mass is 32.2. The number of carbonyl (C=O) groups excluding carboxylic acids is 1. The van der Waals surface area contributed by atoms with Crippen LogP contribution in [0.1, 0.15) is 11.4 Å². The van der Waals surface area contributed by atoms with Gasteiger partial charge in [-0.25, -0.2) is 0 Å². The SMILES string of the molecule is O=C(CSc1nnc(CSc2ccccc2)n1-c1ccccc1)Nc1cccc(C(F)(F)F)c1. The fraction of sp³-hybridized carbons (Fsp3) is 0.125. The summed E-state index contributed by atoms with van der Waals surface area (Å²) in [5.74, 6) is 0.823.